The van der Waals surface area contributed by atoms with E-state index in [1.807, 2.05) is 60.1 Å². The molecule has 0 aliphatic heterocycles. The van der Waals surface area contributed by atoms with E-state index in [2.05, 4.69) is 145 Å². The van der Waals surface area contributed by atoms with Crippen LogP contribution in [0.3, 0.4) is 0 Å². The van der Waals surface area contributed by atoms with Crippen LogP contribution in [-0.4, -0.2) is 15.0 Å². The molecule has 0 saturated heterocycles. The summed E-state index contributed by atoms with van der Waals surface area (Å²) in [6.45, 7) is 0. The van der Waals surface area contributed by atoms with Crippen LogP contribution in [0.2, 0.25) is 0 Å². The first-order chi connectivity index (χ1) is 27.8. The summed E-state index contributed by atoms with van der Waals surface area (Å²) in [6, 6.07) is 61.7. The third-order valence-corrected chi connectivity index (χ3v) is 11.8. The fourth-order valence-corrected chi connectivity index (χ4v) is 9.17. The first-order valence-corrected chi connectivity index (χ1v) is 19.5. The minimum absolute atomic E-state index is 0.683. The third kappa shape index (κ3) is 5.40. The van der Waals surface area contributed by atoms with E-state index < -0.39 is 0 Å². The predicted octanol–water partition coefficient (Wildman–Crippen LogP) is 14.1. The number of fused-ring (bicyclic) bond motifs is 6. The molecule has 4 aromatic heterocycles. The van der Waals surface area contributed by atoms with Crippen molar-refractivity contribution in [1.82, 2.24) is 15.0 Å². The van der Waals surface area contributed by atoms with Crippen LogP contribution < -0.4 is 0 Å². The van der Waals surface area contributed by atoms with Gasteiger partial charge in [0.15, 0.2) is 5.82 Å². The Morgan fingerprint density at radius 1 is 0.393 bits per heavy atom. The van der Waals surface area contributed by atoms with Crippen molar-refractivity contribution in [2.75, 3.05) is 0 Å². The van der Waals surface area contributed by atoms with Gasteiger partial charge < -0.3 is 4.42 Å². The molecule has 4 heterocycles. The molecule has 11 aromatic rings. The Morgan fingerprint density at radius 3 is 1.89 bits per heavy atom. The summed E-state index contributed by atoms with van der Waals surface area (Å²) in [5.41, 5.74) is 13.2. The van der Waals surface area contributed by atoms with Gasteiger partial charge in [-0.15, -0.1) is 11.3 Å². The SMILES string of the molecule is c1ccc(-c2nc(-c3ccc(-c4ccc(-c5cccc6sc7ccccc7c56)c5oc6ccccc6c45)cc3)cc(-c3ccccc3-c3ccncc3)n2)cc1. The lowest BCUT2D eigenvalue weighted by molar-refractivity contribution is 0.670. The Kier molecular flexibility index (Phi) is 7.64. The Labute approximate surface area is 327 Å². The van der Waals surface area contributed by atoms with Crippen LogP contribution >= 0.6 is 11.3 Å². The first-order valence-electron chi connectivity index (χ1n) is 18.7. The van der Waals surface area contributed by atoms with Crippen molar-refractivity contribution in [3.63, 3.8) is 0 Å². The molecule has 5 heteroatoms. The number of nitrogens with zero attached hydrogens (tertiary/aromatic N) is 3. The molecular formula is C51H31N3OS. The van der Waals surface area contributed by atoms with E-state index in [0.717, 1.165) is 77.8 Å². The summed E-state index contributed by atoms with van der Waals surface area (Å²) in [7, 11) is 0. The number of aromatic nitrogens is 3. The summed E-state index contributed by atoms with van der Waals surface area (Å²) < 4.78 is 9.33. The zero-order valence-corrected chi connectivity index (χ0v) is 30.9. The van der Waals surface area contributed by atoms with Gasteiger partial charge in [0.1, 0.15) is 11.2 Å². The molecule has 0 spiro atoms. The van der Waals surface area contributed by atoms with Gasteiger partial charge in [-0.1, -0.05) is 133 Å². The minimum atomic E-state index is 0.683. The average Bonchev–Trinajstić information content (AvgIpc) is 3.86. The summed E-state index contributed by atoms with van der Waals surface area (Å²) in [5, 5.41) is 4.77. The lowest BCUT2D eigenvalue weighted by Crippen LogP contribution is -1.97. The highest BCUT2D eigenvalue weighted by Gasteiger charge is 2.20. The van der Waals surface area contributed by atoms with E-state index in [1.54, 1.807) is 0 Å². The lowest BCUT2D eigenvalue weighted by Gasteiger charge is -2.13. The highest BCUT2D eigenvalue weighted by atomic mass is 32.1. The molecule has 0 fully saturated rings. The smallest absolute Gasteiger partial charge is 0.160 e. The maximum atomic E-state index is 6.77. The standard InChI is InChI=1S/C51H31N3OS/c1-2-11-35(12-3-1)51-53-43(31-44(54-51)38-14-5-4-13-36(38)33-27-29-52-30-28-33)34-23-21-32(22-24-34)37-25-26-40(50-49(37)41-15-6-8-18-45(41)55-50)39-17-10-20-47-48(39)42-16-7-9-19-46(42)56-47/h1-31H. The van der Waals surface area contributed by atoms with E-state index in [-0.39, 0.29) is 0 Å². The van der Waals surface area contributed by atoms with Crippen molar-refractivity contribution < 1.29 is 4.42 Å². The Balaban J connectivity index is 1.06. The average molecular weight is 734 g/mol. The number of hydrogen-bond acceptors (Lipinski definition) is 5. The van der Waals surface area contributed by atoms with Crippen LogP contribution in [0.5, 0.6) is 0 Å². The van der Waals surface area contributed by atoms with Gasteiger partial charge in [-0.05, 0) is 70.3 Å². The van der Waals surface area contributed by atoms with Crippen LogP contribution in [0.25, 0.3) is 109 Å². The zero-order chi connectivity index (χ0) is 37.0. The highest BCUT2D eigenvalue weighted by molar-refractivity contribution is 7.25. The van der Waals surface area contributed by atoms with E-state index in [0.29, 0.717) is 5.82 Å². The molecule has 0 bridgehead atoms. The second kappa shape index (κ2) is 13.3. The maximum Gasteiger partial charge on any atom is 0.160 e. The quantitative estimate of drug-likeness (QED) is 0.171. The Morgan fingerprint density at radius 2 is 1.04 bits per heavy atom. The molecule has 0 aliphatic carbocycles. The molecule has 0 unspecified atom stereocenters. The largest absolute Gasteiger partial charge is 0.455 e. The molecular weight excluding hydrogens is 703 g/mol. The summed E-state index contributed by atoms with van der Waals surface area (Å²) in [6.07, 6.45) is 3.65. The topological polar surface area (TPSA) is 51.8 Å². The van der Waals surface area contributed by atoms with Crippen LogP contribution in [0, 0.1) is 0 Å². The van der Waals surface area contributed by atoms with Crippen LogP contribution in [0.1, 0.15) is 0 Å². The first kappa shape index (κ1) is 32.2. The second-order valence-corrected chi connectivity index (χ2v) is 15.0. The summed E-state index contributed by atoms with van der Waals surface area (Å²) in [4.78, 5) is 14.5. The van der Waals surface area contributed by atoms with E-state index in [9.17, 15) is 0 Å². The summed E-state index contributed by atoms with van der Waals surface area (Å²) in [5.74, 6) is 0.683. The molecule has 0 aliphatic rings. The molecule has 0 amide bonds. The van der Waals surface area contributed by atoms with Gasteiger partial charge in [-0.2, -0.15) is 0 Å². The van der Waals surface area contributed by atoms with Gasteiger partial charge in [0.2, 0.25) is 0 Å². The highest BCUT2D eigenvalue weighted by Crippen LogP contribution is 2.46. The third-order valence-electron chi connectivity index (χ3n) is 10.7. The number of hydrogen-bond donors (Lipinski definition) is 0. The fraction of sp³-hybridized carbons (Fsp3) is 0. The van der Waals surface area contributed by atoms with Crippen LogP contribution in [0.4, 0.5) is 0 Å². The van der Waals surface area contributed by atoms with Crippen molar-refractivity contribution in [2.24, 2.45) is 0 Å². The number of benzene rings is 7. The molecule has 7 aromatic carbocycles. The monoisotopic (exact) mass is 733 g/mol. The molecule has 262 valence electrons. The molecule has 4 nitrogen and oxygen atoms in total. The van der Waals surface area contributed by atoms with E-state index >= 15 is 0 Å². The van der Waals surface area contributed by atoms with Crippen molar-refractivity contribution in [2.45, 2.75) is 0 Å². The molecule has 0 atom stereocenters. The molecule has 0 N–H and O–H groups in total. The molecule has 0 saturated carbocycles. The number of para-hydroxylation sites is 1. The molecule has 56 heavy (non-hydrogen) atoms. The van der Waals surface area contributed by atoms with Gasteiger partial charge in [-0.25, -0.2) is 9.97 Å². The van der Waals surface area contributed by atoms with Gasteiger partial charge in [0.25, 0.3) is 0 Å². The van der Waals surface area contributed by atoms with E-state index in [1.165, 1.54) is 25.7 Å². The van der Waals surface area contributed by atoms with E-state index in [4.69, 9.17) is 14.4 Å². The van der Waals surface area contributed by atoms with Crippen molar-refractivity contribution in [1.29, 1.82) is 0 Å². The van der Waals surface area contributed by atoms with Gasteiger partial charge in [0, 0.05) is 65.6 Å². The number of rotatable bonds is 6. The van der Waals surface area contributed by atoms with Crippen molar-refractivity contribution in [3.8, 4) is 67.3 Å². The molecule has 11 rings (SSSR count). The van der Waals surface area contributed by atoms with Gasteiger partial charge in [-0.3, -0.25) is 4.98 Å². The number of furan rings is 1. The predicted molar refractivity (Wildman–Crippen MR) is 233 cm³/mol. The Bertz CT molecular complexity index is 3240. The van der Waals surface area contributed by atoms with Crippen LogP contribution in [0.15, 0.2) is 193 Å². The van der Waals surface area contributed by atoms with Crippen molar-refractivity contribution in [3.05, 3.63) is 188 Å². The fourth-order valence-electron chi connectivity index (χ4n) is 8.04. The lowest BCUT2D eigenvalue weighted by atomic mass is 9.92. The maximum absolute atomic E-state index is 6.77. The number of thiophene rings is 1. The normalized spacial score (nSPS) is 11.6. The second-order valence-electron chi connectivity index (χ2n) is 13.9. The summed E-state index contributed by atoms with van der Waals surface area (Å²) >= 11 is 1.84. The molecule has 0 radical (unpaired) electrons. The van der Waals surface area contributed by atoms with Crippen molar-refractivity contribution >= 4 is 53.4 Å². The van der Waals surface area contributed by atoms with Crippen LogP contribution in [-0.2, 0) is 0 Å². The van der Waals surface area contributed by atoms with Gasteiger partial charge in [0.05, 0.1) is 11.4 Å². The Hall–Kier alpha value is -7.21. The van der Waals surface area contributed by atoms with Gasteiger partial charge >= 0.3 is 0 Å². The number of pyridine rings is 1. The minimum Gasteiger partial charge on any atom is -0.455 e. The zero-order valence-electron chi connectivity index (χ0n) is 30.1.